The second-order valence-corrected chi connectivity index (χ2v) is 8.82. The van der Waals surface area contributed by atoms with Gasteiger partial charge in [-0.25, -0.2) is 9.50 Å². The van der Waals surface area contributed by atoms with E-state index in [0.717, 1.165) is 43.2 Å². The molecule has 5 rings (SSSR count). The maximum Gasteiger partial charge on any atom is 0.261 e. The molecule has 0 aliphatic carbocycles. The summed E-state index contributed by atoms with van der Waals surface area (Å²) in [7, 11) is 0. The average molecular weight is 453 g/mol. The number of nitrogens with one attached hydrogen (secondary N) is 1. The largest absolute Gasteiger partial charge is 0.484 e. The second-order valence-electron chi connectivity index (χ2n) is 8.82. The van der Waals surface area contributed by atoms with Crippen molar-refractivity contribution in [2.45, 2.75) is 18.9 Å². The zero-order chi connectivity index (χ0) is 23.0. The Bertz CT molecular complexity index is 1170. The number of aliphatic hydroxyl groups is 2. The predicted molar refractivity (Wildman–Crippen MR) is 123 cm³/mol. The van der Waals surface area contributed by atoms with Crippen molar-refractivity contribution in [3.05, 3.63) is 47.9 Å². The number of aliphatic hydroxyl groups excluding tert-OH is 2. The van der Waals surface area contributed by atoms with Crippen molar-refractivity contribution in [3.63, 3.8) is 0 Å². The van der Waals surface area contributed by atoms with Crippen LogP contribution in [0.5, 0.6) is 5.75 Å². The molecule has 0 unspecified atom stereocenters. The summed E-state index contributed by atoms with van der Waals surface area (Å²) < 4.78 is 7.64. The number of anilines is 2. The first-order chi connectivity index (χ1) is 16.0. The Balaban J connectivity index is 1.46. The summed E-state index contributed by atoms with van der Waals surface area (Å²) in [6.07, 6.45) is 5.46. The number of nitrogens with zero attached hydrogens (tertiary/aromatic N) is 5. The van der Waals surface area contributed by atoms with E-state index >= 15 is 0 Å². The van der Waals surface area contributed by atoms with Gasteiger partial charge in [0, 0.05) is 63.2 Å². The van der Waals surface area contributed by atoms with Crippen molar-refractivity contribution >= 4 is 22.9 Å². The molecule has 2 aliphatic rings. The summed E-state index contributed by atoms with van der Waals surface area (Å²) >= 11 is 0. The van der Waals surface area contributed by atoms with Crippen molar-refractivity contribution in [1.29, 1.82) is 0 Å². The van der Waals surface area contributed by atoms with Crippen LogP contribution in [0, 0.1) is 0 Å². The summed E-state index contributed by atoms with van der Waals surface area (Å²) in [5, 5.41) is 26.3. The molecule has 0 bridgehead atoms. The number of hydrogen-bond acceptors (Lipinski definition) is 8. The lowest BCUT2D eigenvalue weighted by Gasteiger charge is -2.36. The van der Waals surface area contributed by atoms with Gasteiger partial charge >= 0.3 is 0 Å². The quantitative estimate of drug-likeness (QED) is 0.503. The number of β-amino-alcohol motifs (C(OH)–C–C–N with tert-alkyl or cyclic N) is 1. The van der Waals surface area contributed by atoms with Crippen molar-refractivity contribution in [2.24, 2.45) is 0 Å². The van der Waals surface area contributed by atoms with Crippen LogP contribution in [-0.4, -0.2) is 87.2 Å². The summed E-state index contributed by atoms with van der Waals surface area (Å²) in [6.45, 7) is 5.74. The molecule has 1 amide bonds. The molecule has 0 spiro atoms. The van der Waals surface area contributed by atoms with Crippen LogP contribution in [0.15, 0.2) is 36.8 Å². The molecule has 174 valence electrons. The maximum atomic E-state index is 13.2. The molecule has 3 aromatic rings. The molecule has 10 heteroatoms. The first-order valence-corrected chi connectivity index (χ1v) is 11.1. The van der Waals surface area contributed by atoms with Gasteiger partial charge in [-0.15, -0.1) is 0 Å². The molecule has 0 saturated carbocycles. The summed E-state index contributed by atoms with van der Waals surface area (Å²) in [5.41, 5.74) is 2.72. The summed E-state index contributed by atoms with van der Waals surface area (Å²) in [5.74, 6) is 0.447. The Labute approximate surface area is 191 Å². The Hall–Kier alpha value is -3.21. The van der Waals surface area contributed by atoms with E-state index in [2.05, 4.69) is 25.2 Å². The summed E-state index contributed by atoms with van der Waals surface area (Å²) in [6, 6.07) is 5.67. The van der Waals surface area contributed by atoms with Crippen LogP contribution in [0.1, 0.15) is 22.8 Å². The third kappa shape index (κ3) is 4.12. The van der Waals surface area contributed by atoms with Gasteiger partial charge in [0.05, 0.1) is 30.8 Å². The zero-order valence-corrected chi connectivity index (χ0v) is 18.6. The number of piperazine rings is 1. The fourth-order valence-corrected chi connectivity index (χ4v) is 4.53. The number of amides is 1. The highest BCUT2D eigenvalue weighted by Gasteiger charge is 2.36. The molecule has 1 atom stereocenters. The minimum absolute atomic E-state index is 0.0907. The van der Waals surface area contributed by atoms with Gasteiger partial charge in [0.15, 0.2) is 5.65 Å². The van der Waals surface area contributed by atoms with Crippen molar-refractivity contribution in [1.82, 2.24) is 19.5 Å². The molecule has 1 aromatic carbocycles. The van der Waals surface area contributed by atoms with Crippen molar-refractivity contribution in [3.8, 4) is 5.75 Å². The van der Waals surface area contributed by atoms with E-state index in [4.69, 9.17) is 4.74 Å². The standard InChI is InChI=1S/C23H28N6O4/c1-23(15-31)13-16-11-18(26-22(32)17-14-25-29-4-2-3-24-21(17)29)19(12-20(16)33-23)28-7-5-27(6-8-28)9-10-30/h2-4,11-12,14,30-31H,5-10,13,15H2,1H3,(H,26,32)/t23-/m0/s1. The zero-order valence-electron chi connectivity index (χ0n) is 18.6. The Morgan fingerprint density at radius 2 is 2.06 bits per heavy atom. The van der Waals surface area contributed by atoms with Crippen molar-refractivity contribution < 1.29 is 19.7 Å². The highest BCUT2D eigenvalue weighted by molar-refractivity contribution is 6.09. The fraction of sp³-hybridized carbons (Fsp3) is 0.435. The average Bonchev–Trinajstić information content (AvgIpc) is 3.40. The number of rotatable bonds is 6. The molecule has 2 aliphatic heterocycles. The van der Waals surface area contributed by atoms with Gasteiger partial charge < -0.3 is 25.2 Å². The van der Waals surface area contributed by atoms with Crippen LogP contribution >= 0.6 is 0 Å². The monoisotopic (exact) mass is 452 g/mol. The number of ether oxygens (including phenoxy) is 1. The third-order valence-corrected chi connectivity index (χ3v) is 6.34. The Morgan fingerprint density at radius 1 is 1.24 bits per heavy atom. The van der Waals surface area contributed by atoms with Gasteiger partial charge in [0.1, 0.15) is 16.9 Å². The first kappa shape index (κ1) is 21.6. The van der Waals surface area contributed by atoms with Crippen LogP contribution in [0.25, 0.3) is 5.65 Å². The van der Waals surface area contributed by atoms with E-state index in [0.29, 0.717) is 29.9 Å². The predicted octanol–water partition coefficient (Wildman–Crippen LogP) is 0.782. The van der Waals surface area contributed by atoms with Crippen LogP contribution in [0.3, 0.4) is 0 Å². The van der Waals surface area contributed by atoms with Crippen molar-refractivity contribution in [2.75, 3.05) is 56.2 Å². The smallest absolute Gasteiger partial charge is 0.261 e. The highest BCUT2D eigenvalue weighted by atomic mass is 16.5. The van der Waals surface area contributed by atoms with Gasteiger partial charge in [-0.05, 0) is 19.1 Å². The minimum Gasteiger partial charge on any atom is -0.484 e. The maximum absolute atomic E-state index is 13.2. The SMILES string of the molecule is C[C@@]1(CO)Cc2cc(NC(=O)c3cnn4cccnc34)c(N3CCN(CCO)CC3)cc2O1. The normalized spacial score (nSPS) is 20.6. The molecule has 2 aromatic heterocycles. The molecule has 10 nitrogen and oxygen atoms in total. The van der Waals surface area contributed by atoms with E-state index in [1.54, 1.807) is 23.0 Å². The van der Waals surface area contributed by atoms with Crippen LogP contribution < -0.4 is 15.0 Å². The number of hydrogen-bond donors (Lipinski definition) is 3. The third-order valence-electron chi connectivity index (χ3n) is 6.34. The number of carbonyl (C=O) groups excluding carboxylic acids is 1. The molecule has 4 heterocycles. The number of aromatic nitrogens is 3. The van der Waals surface area contributed by atoms with Crippen LogP contribution in [-0.2, 0) is 6.42 Å². The molecular weight excluding hydrogens is 424 g/mol. The molecular formula is C23H28N6O4. The van der Waals surface area contributed by atoms with Crippen LogP contribution in [0.4, 0.5) is 11.4 Å². The Morgan fingerprint density at radius 3 is 2.82 bits per heavy atom. The van der Waals surface area contributed by atoms with Crippen LogP contribution in [0.2, 0.25) is 0 Å². The van der Waals surface area contributed by atoms with E-state index in [-0.39, 0.29) is 19.1 Å². The molecule has 1 fully saturated rings. The van der Waals surface area contributed by atoms with Gasteiger partial charge in [-0.3, -0.25) is 9.69 Å². The van der Waals surface area contributed by atoms with Gasteiger partial charge in [-0.2, -0.15) is 5.10 Å². The topological polar surface area (TPSA) is 115 Å². The molecule has 33 heavy (non-hydrogen) atoms. The number of fused-ring (bicyclic) bond motifs is 2. The minimum atomic E-state index is -0.672. The lowest BCUT2D eigenvalue weighted by molar-refractivity contribution is 0.0447. The lowest BCUT2D eigenvalue weighted by atomic mass is 9.99. The van der Waals surface area contributed by atoms with Gasteiger partial charge in [-0.1, -0.05) is 0 Å². The van der Waals surface area contributed by atoms with E-state index < -0.39 is 5.60 Å². The van der Waals surface area contributed by atoms with Gasteiger partial charge in [0.2, 0.25) is 0 Å². The summed E-state index contributed by atoms with van der Waals surface area (Å²) in [4.78, 5) is 21.9. The first-order valence-electron chi connectivity index (χ1n) is 11.1. The lowest BCUT2D eigenvalue weighted by Crippen LogP contribution is -2.47. The second kappa shape index (κ2) is 8.62. The molecule has 1 saturated heterocycles. The van der Waals surface area contributed by atoms with E-state index in [1.807, 2.05) is 19.1 Å². The van der Waals surface area contributed by atoms with E-state index in [9.17, 15) is 15.0 Å². The Kier molecular flexibility index (Phi) is 5.65. The molecule has 0 radical (unpaired) electrons. The number of carbonyl (C=O) groups is 1. The number of benzene rings is 1. The molecule has 3 N–H and O–H groups in total. The van der Waals surface area contributed by atoms with Gasteiger partial charge in [0.25, 0.3) is 5.91 Å². The van der Waals surface area contributed by atoms with E-state index in [1.165, 1.54) is 6.20 Å². The fourth-order valence-electron chi connectivity index (χ4n) is 4.53. The highest BCUT2D eigenvalue weighted by Crippen LogP contribution is 2.42.